The molecular formula is C15H24ClN3O3S. The highest BCUT2D eigenvalue weighted by molar-refractivity contribution is 7.89. The van der Waals surface area contributed by atoms with E-state index in [0.29, 0.717) is 18.0 Å². The van der Waals surface area contributed by atoms with Gasteiger partial charge in [-0.2, -0.15) is 0 Å². The number of carbonyl (C=O) groups excluding carboxylic acids is 1. The molecule has 23 heavy (non-hydrogen) atoms. The molecule has 0 aromatic heterocycles. The normalized spacial score (nSPS) is 19.8. The number of hydrogen-bond donors (Lipinski definition) is 2. The Kier molecular flexibility index (Phi) is 7.01. The summed E-state index contributed by atoms with van der Waals surface area (Å²) in [5.74, 6) is 0.250. The van der Waals surface area contributed by atoms with Gasteiger partial charge in [-0.05, 0) is 57.0 Å². The molecule has 0 bridgehead atoms. The molecule has 1 amide bonds. The molecule has 3 N–H and O–H groups in total. The molecule has 1 aromatic carbocycles. The minimum Gasteiger partial charge on any atom is -0.338 e. The van der Waals surface area contributed by atoms with Crippen molar-refractivity contribution >= 4 is 28.3 Å². The molecular weight excluding hydrogens is 338 g/mol. The van der Waals surface area contributed by atoms with Gasteiger partial charge in [-0.25, -0.2) is 13.1 Å². The lowest BCUT2D eigenvalue weighted by atomic mass is 9.92. The van der Waals surface area contributed by atoms with E-state index >= 15 is 0 Å². The van der Waals surface area contributed by atoms with Gasteiger partial charge in [0.2, 0.25) is 10.0 Å². The van der Waals surface area contributed by atoms with Crippen molar-refractivity contribution < 1.29 is 13.2 Å². The number of hydrogen-bond acceptors (Lipinski definition) is 4. The number of carbonyl (C=O) groups is 1. The maximum atomic E-state index is 12.5. The van der Waals surface area contributed by atoms with Gasteiger partial charge in [0.05, 0.1) is 4.90 Å². The third-order valence-corrected chi connectivity index (χ3v) is 5.60. The minimum absolute atomic E-state index is 0. The molecule has 1 saturated heterocycles. The summed E-state index contributed by atoms with van der Waals surface area (Å²) in [7, 11) is -2.12. The summed E-state index contributed by atoms with van der Waals surface area (Å²) in [5, 5.41) is 0. The van der Waals surface area contributed by atoms with Crippen molar-refractivity contribution in [3.05, 3.63) is 29.8 Å². The molecule has 0 radical (unpaired) electrons. The molecule has 6 nitrogen and oxygen atoms in total. The van der Waals surface area contributed by atoms with Crippen molar-refractivity contribution in [3.63, 3.8) is 0 Å². The predicted molar refractivity (Wildman–Crippen MR) is 92.2 cm³/mol. The number of nitrogens with zero attached hydrogens (tertiary/aromatic N) is 1. The van der Waals surface area contributed by atoms with Crippen molar-refractivity contribution in [2.75, 3.05) is 20.1 Å². The maximum Gasteiger partial charge on any atom is 0.253 e. The number of nitrogens with one attached hydrogen (secondary N) is 1. The van der Waals surface area contributed by atoms with E-state index in [-0.39, 0.29) is 29.3 Å². The average molecular weight is 362 g/mol. The SMILES string of the molecule is CNS(=O)(=O)c1ccc(C(=O)N2CCCC(C(C)N)C2)cc1.Cl. The lowest BCUT2D eigenvalue weighted by molar-refractivity contribution is 0.0661. The molecule has 2 atom stereocenters. The molecule has 1 heterocycles. The van der Waals surface area contributed by atoms with E-state index in [2.05, 4.69) is 4.72 Å². The number of benzene rings is 1. The maximum absolute atomic E-state index is 12.5. The van der Waals surface area contributed by atoms with Crippen molar-refractivity contribution in [1.29, 1.82) is 0 Å². The highest BCUT2D eigenvalue weighted by Crippen LogP contribution is 2.21. The molecule has 0 saturated carbocycles. The van der Waals surface area contributed by atoms with Crippen LogP contribution < -0.4 is 10.5 Å². The first-order valence-electron chi connectivity index (χ1n) is 7.43. The molecule has 2 rings (SSSR count). The highest BCUT2D eigenvalue weighted by atomic mass is 35.5. The van der Waals surface area contributed by atoms with E-state index < -0.39 is 10.0 Å². The number of sulfonamides is 1. The summed E-state index contributed by atoms with van der Waals surface area (Å²) in [5.41, 5.74) is 6.44. The second-order valence-corrected chi connectivity index (χ2v) is 7.63. The first kappa shape index (κ1) is 19.9. The summed E-state index contributed by atoms with van der Waals surface area (Å²) in [4.78, 5) is 14.5. The van der Waals surface area contributed by atoms with Gasteiger partial charge in [0, 0.05) is 24.7 Å². The summed E-state index contributed by atoms with van der Waals surface area (Å²) in [6.07, 6.45) is 1.99. The quantitative estimate of drug-likeness (QED) is 0.843. The Hall–Kier alpha value is -1.15. The number of amides is 1. The van der Waals surface area contributed by atoms with Crippen LogP contribution >= 0.6 is 12.4 Å². The van der Waals surface area contributed by atoms with Gasteiger partial charge in [0.15, 0.2) is 0 Å². The number of rotatable bonds is 4. The molecule has 1 aromatic rings. The Morgan fingerprint density at radius 1 is 1.35 bits per heavy atom. The van der Waals surface area contributed by atoms with Gasteiger partial charge in [0.1, 0.15) is 0 Å². The summed E-state index contributed by atoms with van der Waals surface area (Å²) < 4.78 is 25.6. The van der Waals surface area contributed by atoms with Crippen molar-refractivity contribution in [2.24, 2.45) is 11.7 Å². The Morgan fingerprint density at radius 3 is 2.48 bits per heavy atom. The van der Waals surface area contributed by atoms with E-state index in [1.54, 1.807) is 17.0 Å². The number of nitrogens with two attached hydrogens (primary N) is 1. The monoisotopic (exact) mass is 361 g/mol. The topological polar surface area (TPSA) is 92.5 Å². The van der Waals surface area contributed by atoms with E-state index in [1.165, 1.54) is 19.2 Å². The van der Waals surface area contributed by atoms with Crippen LogP contribution in [0.25, 0.3) is 0 Å². The van der Waals surface area contributed by atoms with E-state index in [1.807, 2.05) is 6.92 Å². The molecule has 130 valence electrons. The Balaban J connectivity index is 0.00000264. The fourth-order valence-corrected chi connectivity index (χ4v) is 3.43. The van der Waals surface area contributed by atoms with Crippen molar-refractivity contribution in [1.82, 2.24) is 9.62 Å². The second kappa shape index (κ2) is 8.10. The summed E-state index contributed by atoms with van der Waals surface area (Å²) in [6.45, 7) is 3.35. The van der Waals surface area contributed by atoms with Crippen LogP contribution in [-0.4, -0.2) is 45.4 Å². The Morgan fingerprint density at radius 2 is 1.96 bits per heavy atom. The van der Waals surface area contributed by atoms with Crippen LogP contribution in [0.4, 0.5) is 0 Å². The van der Waals surface area contributed by atoms with Gasteiger partial charge in [-0.3, -0.25) is 4.79 Å². The summed E-state index contributed by atoms with van der Waals surface area (Å²) in [6, 6.07) is 6.08. The standard InChI is InChI=1S/C15H23N3O3S.ClH/c1-11(16)13-4-3-9-18(10-13)15(19)12-5-7-14(8-6-12)22(20,21)17-2;/h5-8,11,13,17H,3-4,9-10,16H2,1-2H3;1H. The van der Waals surface area contributed by atoms with Gasteiger partial charge < -0.3 is 10.6 Å². The van der Waals surface area contributed by atoms with Crippen LogP contribution in [0.15, 0.2) is 29.2 Å². The molecule has 8 heteroatoms. The van der Waals surface area contributed by atoms with E-state index in [0.717, 1.165) is 19.4 Å². The van der Waals surface area contributed by atoms with Crippen molar-refractivity contribution in [3.8, 4) is 0 Å². The van der Waals surface area contributed by atoms with Crippen LogP contribution in [0.2, 0.25) is 0 Å². The third kappa shape index (κ3) is 4.67. The van der Waals surface area contributed by atoms with Gasteiger partial charge in [-0.15, -0.1) is 12.4 Å². The molecule has 0 aliphatic carbocycles. The minimum atomic E-state index is -3.48. The highest BCUT2D eigenvalue weighted by Gasteiger charge is 2.26. The zero-order chi connectivity index (χ0) is 16.3. The third-order valence-electron chi connectivity index (χ3n) is 4.17. The van der Waals surface area contributed by atoms with Crippen LogP contribution in [0.1, 0.15) is 30.1 Å². The van der Waals surface area contributed by atoms with E-state index in [4.69, 9.17) is 5.73 Å². The molecule has 1 aliphatic heterocycles. The van der Waals surface area contributed by atoms with Gasteiger partial charge in [0.25, 0.3) is 5.91 Å². The van der Waals surface area contributed by atoms with Crippen molar-refractivity contribution in [2.45, 2.75) is 30.7 Å². The predicted octanol–water partition coefficient (Wildman–Crippen LogP) is 1.22. The molecule has 1 aliphatic rings. The Labute approximate surface area is 143 Å². The fourth-order valence-electron chi connectivity index (χ4n) is 2.70. The number of piperidine rings is 1. The smallest absolute Gasteiger partial charge is 0.253 e. The second-order valence-electron chi connectivity index (χ2n) is 5.74. The number of likely N-dealkylation sites (tertiary alicyclic amines) is 1. The first-order valence-corrected chi connectivity index (χ1v) is 8.92. The lowest BCUT2D eigenvalue weighted by Gasteiger charge is -2.34. The average Bonchev–Trinajstić information content (AvgIpc) is 2.54. The van der Waals surface area contributed by atoms with Crippen LogP contribution in [-0.2, 0) is 10.0 Å². The van der Waals surface area contributed by atoms with Crippen LogP contribution in [0, 0.1) is 5.92 Å². The first-order chi connectivity index (χ1) is 10.3. The fraction of sp³-hybridized carbons (Fsp3) is 0.533. The zero-order valence-electron chi connectivity index (χ0n) is 13.4. The van der Waals surface area contributed by atoms with Crippen LogP contribution in [0.5, 0.6) is 0 Å². The molecule has 1 fully saturated rings. The zero-order valence-corrected chi connectivity index (χ0v) is 15.0. The van der Waals surface area contributed by atoms with E-state index in [9.17, 15) is 13.2 Å². The molecule has 0 spiro atoms. The van der Waals surface area contributed by atoms with Gasteiger partial charge in [-0.1, -0.05) is 0 Å². The summed E-state index contributed by atoms with van der Waals surface area (Å²) >= 11 is 0. The Bertz CT molecular complexity index is 632. The largest absolute Gasteiger partial charge is 0.338 e. The van der Waals surface area contributed by atoms with Crippen LogP contribution in [0.3, 0.4) is 0 Å². The van der Waals surface area contributed by atoms with Gasteiger partial charge >= 0.3 is 0 Å². The molecule has 2 unspecified atom stereocenters. The lowest BCUT2D eigenvalue weighted by Crippen LogP contribution is -2.45. The number of halogens is 1.